The quantitative estimate of drug-likeness (QED) is 0.650. The highest BCUT2D eigenvalue weighted by Crippen LogP contribution is 2.12. The monoisotopic (exact) mass is 316 g/mol. The number of imidazole rings is 1. The Kier molecular flexibility index (Phi) is 5.35. The van der Waals surface area contributed by atoms with Crippen molar-refractivity contribution >= 4 is 18.1 Å². The van der Waals surface area contributed by atoms with Crippen LogP contribution in [0.3, 0.4) is 0 Å². The van der Waals surface area contributed by atoms with Crippen LogP contribution in [0.4, 0.5) is 5.95 Å². The van der Waals surface area contributed by atoms with Crippen LogP contribution in [0.25, 0.3) is 0 Å². The standard InChI is InChI=1S/C16H20N4O3/c1-11(2)23-15(21)10-22-14-6-4-13(5-7-14)8-18-20-9-12(3)19-16(20)17/h4-9,11H,10H2,1-3H3,(H2,17,19). The summed E-state index contributed by atoms with van der Waals surface area (Å²) in [5.41, 5.74) is 7.38. The van der Waals surface area contributed by atoms with Gasteiger partial charge in [-0.15, -0.1) is 0 Å². The van der Waals surface area contributed by atoms with Crippen LogP contribution in [0.15, 0.2) is 35.6 Å². The Morgan fingerprint density at radius 2 is 2.09 bits per heavy atom. The Labute approximate surface area is 134 Å². The maximum absolute atomic E-state index is 11.4. The molecule has 2 aromatic rings. The molecule has 0 aliphatic carbocycles. The molecule has 0 aliphatic heterocycles. The van der Waals surface area contributed by atoms with E-state index in [1.165, 1.54) is 4.68 Å². The van der Waals surface area contributed by atoms with Crippen LogP contribution in [0.2, 0.25) is 0 Å². The van der Waals surface area contributed by atoms with Gasteiger partial charge in [0.15, 0.2) is 6.61 Å². The van der Waals surface area contributed by atoms with Gasteiger partial charge in [-0.05, 0) is 50.6 Å². The van der Waals surface area contributed by atoms with Crippen molar-refractivity contribution < 1.29 is 14.3 Å². The highest BCUT2D eigenvalue weighted by molar-refractivity contribution is 5.79. The first-order chi connectivity index (χ1) is 10.9. The number of nitrogens with two attached hydrogens (primary N) is 1. The summed E-state index contributed by atoms with van der Waals surface area (Å²) in [5, 5.41) is 4.22. The normalized spacial score (nSPS) is 11.1. The number of ether oxygens (including phenoxy) is 2. The number of benzene rings is 1. The average Bonchev–Trinajstić information content (AvgIpc) is 2.81. The van der Waals surface area contributed by atoms with Crippen LogP contribution in [-0.2, 0) is 9.53 Å². The SMILES string of the molecule is Cc1cn(N=Cc2ccc(OCC(=O)OC(C)C)cc2)c(N)n1. The fraction of sp³-hybridized carbons (Fsp3) is 0.312. The molecular formula is C16H20N4O3. The molecule has 122 valence electrons. The molecule has 0 amide bonds. The number of anilines is 1. The predicted molar refractivity (Wildman–Crippen MR) is 87.5 cm³/mol. The molecule has 0 fully saturated rings. The summed E-state index contributed by atoms with van der Waals surface area (Å²) in [5.74, 6) is 0.528. The average molecular weight is 316 g/mol. The molecule has 0 saturated carbocycles. The van der Waals surface area contributed by atoms with Gasteiger partial charge in [0.2, 0.25) is 5.95 Å². The van der Waals surface area contributed by atoms with Gasteiger partial charge in [0.1, 0.15) is 5.75 Å². The maximum Gasteiger partial charge on any atom is 0.344 e. The maximum atomic E-state index is 11.4. The van der Waals surface area contributed by atoms with E-state index in [1.54, 1.807) is 38.4 Å². The minimum absolute atomic E-state index is 0.115. The second-order valence-corrected chi connectivity index (χ2v) is 5.23. The van der Waals surface area contributed by atoms with Crippen molar-refractivity contribution in [3.63, 3.8) is 0 Å². The molecule has 0 bridgehead atoms. The Morgan fingerprint density at radius 1 is 1.39 bits per heavy atom. The molecule has 0 aliphatic rings. The summed E-state index contributed by atoms with van der Waals surface area (Å²) in [7, 11) is 0. The van der Waals surface area contributed by atoms with Gasteiger partial charge in [-0.2, -0.15) is 5.10 Å². The first-order valence-electron chi connectivity index (χ1n) is 7.22. The van der Waals surface area contributed by atoms with Crippen LogP contribution >= 0.6 is 0 Å². The topological polar surface area (TPSA) is 91.7 Å². The van der Waals surface area contributed by atoms with Crippen LogP contribution in [-0.4, -0.2) is 34.6 Å². The number of carbonyl (C=O) groups is 1. The Balaban J connectivity index is 1.92. The van der Waals surface area contributed by atoms with Crippen molar-refractivity contribution in [2.45, 2.75) is 26.9 Å². The van der Waals surface area contributed by atoms with E-state index in [1.807, 2.05) is 19.1 Å². The molecule has 0 radical (unpaired) electrons. The van der Waals surface area contributed by atoms with E-state index in [4.69, 9.17) is 15.2 Å². The van der Waals surface area contributed by atoms with Gasteiger partial charge in [-0.1, -0.05) is 0 Å². The zero-order valence-corrected chi connectivity index (χ0v) is 13.4. The number of nitrogens with zero attached hydrogens (tertiary/aromatic N) is 3. The highest BCUT2D eigenvalue weighted by atomic mass is 16.6. The van der Waals surface area contributed by atoms with Crippen molar-refractivity contribution in [1.82, 2.24) is 9.66 Å². The molecule has 7 nitrogen and oxygen atoms in total. The van der Waals surface area contributed by atoms with Crippen LogP contribution in [0.1, 0.15) is 25.1 Å². The molecule has 0 saturated heterocycles. The summed E-state index contributed by atoms with van der Waals surface area (Å²) in [6.07, 6.45) is 3.25. The zero-order valence-electron chi connectivity index (χ0n) is 13.4. The minimum Gasteiger partial charge on any atom is -0.482 e. The van der Waals surface area contributed by atoms with Crippen LogP contribution in [0, 0.1) is 6.92 Å². The van der Waals surface area contributed by atoms with Gasteiger partial charge in [0, 0.05) is 0 Å². The molecule has 2 rings (SSSR count). The van der Waals surface area contributed by atoms with Gasteiger partial charge < -0.3 is 15.2 Å². The smallest absolute Gasteiger partial charge is 0.344 e. The van der Waals surface area contributed by atoms with E-state index in [2.05, 4.69) is 10.1 Å². The number of hydrogen-bond donors (Lipinski definition) is 1. The largest absolute Gasteiger partial charge is 0.482 e. The first kappa shape index (κ1) is 16.5. The third-order valence-electron chi connectivity index (χ3n) is 2.77. The fourth-order valence-corrected chi connectivity index (χ4v) is 1.81. The molecule has 0 unspecified atom stereocenters. The summed E-state index contributed by atoms with van der Waals surface area (Å²) in [4.78, 5) is 15.5. The van der Waals surface area contributed by atoms with E-state index in [-0.39, 0.29) is 12.7 Å². The van der Waals surface area contributed by atoms with Gasteiger partial charge in [0.25, 0.3) is 0 Å². The third-order valence-corrected chi connectivity index (χ3v) is 2.77. The molecule has 7 heteroatoms. The second-order valence-electron chi connectivity index (χ2n) is 5.23. The minimum atomic E-state index is -0.392. The summed E-state index contributed by atoms with van der Waals surface area (Å²) in [6.45, 7) is 5.32. The summed E-state index contributed by atoms with van der Waals surface area (Å²) < 4.78 is 11.8. The molecular weight excluding hydrogens is 296 g/mol. The van der Waals surface area contributed by atoms with Crippen molar-refractivity contribution in [3.05, 3.63) is 41.7 Å². The van der Waals surface area contributed by atoms with E-state index in [0.717, 1.165) is 11.3 Å². The highest BCUT2D eigenvalue weighted by Gasteiger charge is 2.06. The lowest BCUT2D eigenvalue weighted by Crippen LogP contribution is -2.18. The molecule has 1 aromatic carbocycles. The molecule has 23 heavy (non-hydrogen) atoms. The second kappa shape index (κ2) is 7.44. The Hall–Kier alpha value is -2.83. The van der Waals surface area contributed by atoms with Crippen molar-refractivity contribution in [2.75, 3.05) is 12.3 Å². The third kappa shape index (κ3) is 5.14. The van der Waals surface area contributed by atoms with Gasteiger partial charge >= 0.3 is 5.97 Å². The Bertz CT molecular complexity index is 690. The lowest BCUT2D eigenvalue weighted by Gasteiger charge is -2.09. The number of carbonyl (C=O) groups excluding carboxylic acids is 1. The van der Waals surface area contributed by atoms with Crippen molar-refractivity contribution in [3.8, 4) is 5.75 Å². The zero-order chi connectivity index (χ0) is 16.8. The number of nitrogen functional groups attached to an aromatic ring is 1. The van der Waals surface area contributed by atoms with Crippen LogP contribution < -0.4 is 10.5 Å². The van der Waals surface area contributed by atoms with E-state index in [9.17, 15) is 4.79 Å². The predicted octanol–water partition coefficient (Wildman–Crippen LogP) is 1.99. The number of rotatable bonds is 6. The Morgan fingerprint density at radius 3 is 2.65 bits per heavy atom. The first-order valence-corrected chi connectivity index (χ1v) is 7.22. The molecule has 2 N–H and O–H groups in total. The molecule has 1 heterocycles. The van der Waals surface area contributed by atoms with Crippen molar-refractivity contribution in [2.24, 2.45) is 5.10 Å². The van der Waals surface area contributed by atoms with Crippen LogP contribution in [0.5, 0.6) is 5.75 Å². The summed E-state index contributed by atoms with van der Waals surface area (Å²) in [6, 6.07) is 7.16. The van der Waals surface area contributed by atoms with Gasteiger partial charge in [-0.3, -0.25) is 0 Å². The molecule has 1 aromatic heterocycles. The summed E-state index contributed by atoms with van der Waals surface area (Å²) >= 11 is 0. The molecule has 0 atom stereocenters. The molecule has 0 spiro atoms. The lowest BCUT2D eigenvalue weighted by atomic mass is 10.2. The van der Waals surface area contributed by atoms with E-state index < -0.39 is 5.97 Å². The van der Waals surface area contributed by atoms with E-state index in [0.29, 0.717) is 11.7 Å². The van der Waals surface area contributed by atoms with Gasteiger partial charge in [0.05, 0.1) is 24.2 Å². The van der Waals surface area contributed by atoms with Gasteiger partial charge in [-0.25, -0.2) is 14.5 Å². The van der Waals surface area contributed by atoms with Crippen molar-refractivity contribution in [1.29, 1.82) is 0 Å². The van der Waals surface area contributed by atoms with E-state index >= 15 is 0 Å². The number of aryl methyl sites for hydroxylation is 1. The number of esters is 1. The number of aromatic nitrogens is 2. The lowest BCUT2D eigenvalue weighted by molar-refractivity contribution is -0.149. The number of hydrogen-bond acceptors (Lipinski definition) is 6. The fourth-order valence-electron chi connectivity index (χ4n) is 1.81.